The summed E-state index contributed by atoms with van der Waals surface area (Å²) in [6.45, 7) is 0. The summed E-state index contributed by atoms with van der Waals surface area (Å²) in [7, 11) is 1.76. The van der Waals surface area contributed by atoms with E-state index in [2.05, 4.69) is 4.98 Å². The Hall–Kier alpha value is -3.14. The summed E-state index contributed by atoms with van der Waals surface area (Å²) < 4.78 is 6.30. The summed E-state index contributed by atoms with van der Waals surface area (Å²) in [5, 5.41) is 0. The SMILES string of the molecule is CN1C(=O)C(Oc2ccccc2)(c2ccccn2)c2ccccc21. The molecule has 2 aromatic carbocycles. The van der Waals surface area contributed by atoms with Gasteiger partial charge >= 0.3 is 0 Å². The van der Waals surface area contributed by atoms with E-state index in [0.717, 1.165) is 11.3 Å². The van der Waals surface area contributed by atoms with Gasteiger partial charge in [0.2, 0.25) is 0 Å². The van der Waals surface area contributed by atoms with Gasteiger partial charge in [-0.1, -0.05) is 42.5 Å². The van der Waals surface area contributed by atoms with Crippen LogP contribution in [-0.2, 0) is 10.4 Å². The van der Waals surface area contributed by atoms with Crippen molar-refractivity contribution in [2.45, 2.75) is 5.60 Å². The summed E-state index contributed by atoms with van der Waals surface area (Å²) in [6.07, 6.45) is 1.68. The van der Waals surface area contributed by atoms with E-state index in [1.807, 2.05) is 72.8 Å². The quantitative estimate of drug-likeness (QED) is 0.744. The number of hydrogen-bond donors (Lipinski definition) is 0. The molecule has 0 saturated carbocycles. The number of anilines is 1. The number of benzene rings is 2. The number of rotatable bonds is 3. The zero-order valence-corrected chi connectivity index (χ0v) is 13.2. The van der Waals surface area contributed by atoms with Gasteiger partial charge in [-0.25, -0.2) is 0 Å². The van der Waals surface area contributed by atoms with Crippen molar-refractivity contribution in [3.63, 3.8) is 0 Å². The molecule has 0 bridgehead atoms. The first kappa shape index (κ1) is 14.5. The Balaban J connectivity index is 1.97. The summed E-state index contributed by atoms with van der Waals surface area (Å²) in [4.78, 5) is 19.3. The van der Waals surface area contributed by atoms with Crippen LogP contribution >= 0.6 is 0 Å². The van der Waals surface area contributed by atoms with Crippen molar-refractivity contribution in [3.05, 3.63) is 90.3 Å². The molecule has 0 saturated heterocycles. The lowest BCUT2D eigenvalue weighted by molar-refractivity contribution is -0.130. The topological polar surface area (TPSA) is 42.4 Å². The third kappa shape index (κ3) is 2.00. The van der Waals surface area contributed by atoms with Crippen LogP contribution in [0.2, 0.25) is 0 Å². The number of carbonyl (C=O) groups is 1. The Morgan fingerprint density at radius 1 is 0.917 bits per heavy atom. The van der Waals surface area contributed by atoms with E-state index in [-0.39, 0.29) is 5.91 Å². The van der Waals surface area contributed by atoms with Gasteiger partial charge in [-0.3, -0.25) is 9.78 Å². The number of ether oxygens (including phenoxy) is 1. The van der Waals surface area contributed by atoms with Crippen molar-refractivity contribution >= 4 is 11.6 Å². The van der Waals surface area contributed by atoms with Gasteiger partial charge in [0, 0.05) is 18.8 Å². The van der Waals surface area contributed by atoms with Crippen LogP contribution in [0.25, 0.3) is 0 Å². The highest BCUT2D eigenvalue weighted by molar-refractivity contribution is 6.08. The second kappa shape index (κ2) is 5.49. The van der Waals surface area contributed by atoms with Gasteiger partial charge in [0.25, 0.3) is 11.5 Å². The molecule has 0 aliphatic carbocycles. The first-order valence-electron chi connectivity index (χ1n) is 7.77. The van der Waals surface area contributed by atoms with Crippen LogP contribution in [-0.4, -0.2) is 17.9 Å². The van der Waals surface area contributed by atoms with Crippen molar-refractivity contribution < 1.29 is 9.53 Å². The van der Waals surface area contributed by atoms with Crippen LogP contribution in [0.5, 0.6) is 5.75 Å². The zero-order chi connectivity index (χ0) is 16.6. The van der Waals surface area contributed by atoms with Gasteiger partial charge in [0.05, 0.1) is 11.4 Å². The van der Waals surface area contributed by atoms with Gasteiger partial charge in [-0.15, -0.1) is 0 Å². The van der Waals surface area contributed by atoms with Gasteiger partial charge < -0.3 is 9.64 Å². The molecule has 4 heteroatoms. The molecule has 1 atom stereocenters. The molecule has 1 aliphatic rings. The molecule has 118 valence electrons. The van der Waals surface area contributed by atoms with Crippen LogP contribution in [0.3, 0.4) is 0 Å². The normalized spacial score (nSPS) is 19.2. The average Bonchev–Trinajstić information content (AvgIpc) is 2.86. The minimum absolute atomic E-state index is 0.147. The predicted octanol–water partition coefficient (Wildman–Crippen LogP) is 3.38. The number of para-hydroxylation sites is 2. The standard InChI is InChI=1S/C20H16N2O2/c1-22-17-12-6-5-11-16(17)20(19(22)23,18-13-7-8-14-21-18)24-15-9-3-2-4-10-15/h2-14H,1H3. The van der Waals surface area contributed by atoms with Crippen molar-refractivity contribution in [2.75, 3.05) is 11.9 Å². The summed E-state index contributed by atoms with van der Waals surface area (Å²) in [5.74, 6) is 0.479. The van der Waals surface area contributed by atoms with Crippen molar-refractivity contribution in [1.29, 1.82) is 0 Å². The molecule has 4 nitrogen and oxygen atoms in total. The van der Waals surface area contributed by atoms with Crippen LogP contribution in [0, 0.1) is 0 Å². The molecule has 0 fully saturated rings. The van der Waals surface area contributed by atoms with Gasteiger partial charge in [-0.2, -0.15) is 0 Å². The minimum Gasteiger partial charge on any atom is -0.466 e. The number of likely N-dealkylation sites (N-methyl/N-ethyl adjacent to an activating group) is 1. The molecule has 2 heterocycles. The lowest BCUT2D eigenvalue weighted by atomic mass is 9.90. The number of aromatic nitrogens is 1. The molecule has 0 radical (unpaired) electrons. The van der Waals surface area contributed by atoms with Gasteiger partial charge in [0.15, 0.2) is 0 Å². The first-order valence-corrected chi connectivity index (χ1v) is 7.77. The zero-order valence-electron chi connectivity index (χ0n) is 13.2. The summed E-state index contributed by atoms with van der Waals surface area (Å²) >= 11 is 0. The lowest BCUT2D eigenvalue weighted by Gasteiger charge is -2.28. The fourth-order valence-electron chi connectivity index (χ4n) is 3.16. The van der Waals surface area contributed by atoms with Crippen molar-refractivity contribution in [1.82, 2.24) is 4.98 Å². The Bertz CT molecular complexity index is 880. The fourth-order valence-corrected chi connectivity index (χ4v) is 3.16. The maximum atomic E-state index is 13.2. The van der Waals surface area contributed by atoms with E-state index in [9.17, 15) is 4.79 Å². The third-order valence-corrected chi connectivity index (χ3v) is 4.29. The van der Waals surface area contributed by atoms with E-state index in [1.165, 1.54) is 0 Å². The maximum Gasteiger partial charge on any atom is 0.282 e. The monoisotopic (exact) mass is 316 g/mol. The molecule has 4 rings (SSSR count). The smallest absolute Gasteiger partial charge is 0.282 e. The van der Waals surface area contributed by atoms with E-state index in [4.69, 9.17) is 4.74 Å². The Labute approximate surface area is 140 Å². The first-order chi connectivity index (χ1) is 11.7. The number of nitrogens with zero attached hydrogens (tertiary/aromatic N) is 2. The second-order valence-corrected chi connectivity index (χ2v) is 5.69. The highest BCUT2D eigenvalue weighted by atomic mass is 16.5. The summed E-state index contributed by atoms with van der Waals surface area (Å²) in [6, 6.07) is 22.6. The molecule has 0 N–H and O–H groups in total. The number of amides is 1. The largest absolute Gasteiger partial charge is 0.466 e. The van der Waals surface area contributed by atoms with Crippen LogP contribution in [0.4, 0.5) is 5.69 Å². The summed E-state index contributed by atoms with van der Waals surface area (Å²) in [5.41, 5.74) is 0.952. The molecule has 1 aliphatic heterocycles. The molecule has 1 aromatic heterocycles. The number of fused-ring (bicyclic) bond motifs is 1. The van der Waals surface area contributed by atoms with Gasteiger partial charge in [0.1, 0.15) is 5.75 Å². The molecule has 1 unspecified atom stereocenters. The van der Waals surface area contributed by atoms with Crippen molar-refractivity contribution in [2.24, 2.45) is 0 Å². The fraction of sp³-hybridized carbons (Fsp3) is 0.100. The lowest BCUT2D eigenvalue weighted by Crippen LogP contribution is -2.45. The molecular formula is C20H16N2O2. The van der Waals surface area contributed by atoms with Crippen LogP contribution in [0.15, 0.2) is 79.0 Å². The van der Waals surface area contributed by atoms with Crippen molar-refractivity contribution in [3.8, 4) is 5.75 Å². The minimum atomic E-state index is -1.27. The number of carbonyl (C=O) groups excluding carboxylic acids is 1. The molecule has 1 amide bonds. The van der Waals surface area contributed by atoms with E-state index in [1.54, 1.807) is 18.1 Å². The predicted molar refractivity (Wildman–Crippen MR) is 91.9 cm³/mol. The van der Waals surface area contributed by atoms with Crippen LogP contribution in [0.1, 0.15) is 11.3 Å². The maximum absolute atomic E-state index is 13.2. The highest BCUT2D eigenvalue weighted by Gasteiger charge is 2.54. The third-order valence-electron chi connectivity index (χ3n) is 4.29. The van der Waals surface area contributed by atoms with E-state index < -0.39 is 5.60 Å². The second-order valence-electron chi connectivity index (χ2n) is 5.69. The number of pyridine rings is 1. The molecule has 0 spiro atoms. The number of hydrogen-bond acceptors (Lipinski definition) is 3. The molecular weight excluding hydrogens is 300 g/mol. The van der Waals surface area contributed by atoms with Gasteiger partial charge in [-0.05, 0) is 30.3 Å². The van der Waals surface area contributed by atoms with E-state index >= 15 is 0 Å². The average molecular weight is 316 g/mol. The molecule has 24 heavy (non-hydrogen) atoms. The Morgan fingerprint density at radius 2 is 1.62 bits per heavy atom. The van der Waals surface area contributed by atoms with E-state index in [0.29, 0.717) is 11.4 Å². The van der Waals surface area contributed by atoms with Crippen LogP contribution < -0.4 is 9.64 Å². The Kier molecular flexibility index (Phi) is 3.31. The Morgan fingerprint density at radius 3 is 2.38 bits per heavy atom. The highest BCUT2D eigenvalue weighted by Crippen LogP contribution is 2.45. The molecule has 3 aromatic rings.